The molecule has 2 N–H and O–H groups in total. The molecule has 1 fully saturated rings. The van der Waals surface area contributed by atoms with Crippen LogP contribution in [0.5, 0.6) is 0 Å². The van der Waals surface area contributed by atoms with Crippen LogP contribution in [0.2, 0.25) is 0 Å². The van der Waals surface area contributed by atoms with Crippen molar-refractivity contribution in [3.8, 4) is 0 Å². The van der Waals surface area contributed by atoms with Crippen molar-refractivity contribution in [3.05, 3.63) is 23.7 Å². The number of urea groups is 1. The van der Waals surface area contributed by atoms with Crippen LogP contribution < -0.4 is 5.32 Å². The number of hydrogen-bond acceptors (Lipinski definition) is 4. The number of benzene rings is 1. The van der Waals surface area contributed by atoms with Crippen LogP contribution in [0.1, 0.15) is 12.8 Å². The van der Waals surface area contributed by atoms with Crippen molar-refractivity contribution in [2.45, 2.75) is 18.9 Å². The number of anilines is 1. The molecule has 1 saturated heterocycles. The molecule has 6 heteroatoms. The molecule has 1 aromatic heterocycles. The highest BCUT2D eigenvalue weighted by Crippen LogP contribution is 2.23. The zero-order valence-corrected chi connectivity index (χ0v) is 11.2. The van der Waals surface area contributed by atoms with E-state index in [0.29, 0.717) is 6.54 Å². The summed E-state index contributed by atoms with van der Waals surface area (Å²) < 4.78 is 1.10. The molecule has 0 spiro atoms. The van der Waals surface area contributed by atoms with Gasteiger partial charge >= 0.3 is 6.03 Å². The number of carbonyl (C=O) groups excluding carboxylic acids is 1. The summed E-state index contributed by atoms with van der Waals surface area (Å²) in [6.45, 7) is 0.731. The minimum atomic E-state index is -0.147. The highest BCUT2D eigenvalue weighted by molar-refractivity contribution is 7.16. The number of aliphatic hydroxyl groups excluding tert-OH is 1. The van der Waals surface area contributed by atoms with Crippen molar-refractivity contribution < 1.29 is 9.90 Å². The molecule has 19 heavy (non-hydrogen) atoms. The summed E-state index contributed by atoms with van der Waals surface area (Å²) in [4.78, 5) is 18.1. The number of carbonyl (C=O) groups is 1. The van der Waals surface area contributed by atoms with E-state index in [2.05, 4.69) is 10.3 Å². The summed E-state index contributed by atoms with van der Waals surface area (Å²) in [7, 11) is 0. The minimum Gasteiger partial charge on any atom is -0.394 e. The van der Waals surface area contributed by atoms with E-state index in [-0.39, 0.29) is 18.7 Å². The summed E-state index contributed by atoms with van der Waals surface area (Å²) in [5.41, 5.74) is 3.42. The van der Waals surface area contributed by atoms with Gasteiger partial charge in [-0.1, -0.05) is 0 Å². The Balaban J connectivity index is 1.74. The van der Waals surface area contributed by atoms with Crippen molar-refractivity contribution in [1.29, 1.82) is 0 Å². The number of nitrogens with zero attached hydrogens (tertiary/aromatic N) is 2. The predicted molar refractivity (Wildman–Crippen MR) is 75.5 cm³/mol. The second-order valence-electron chi connectivity index (χ2n) is 4.64. The highest BCUT2D eigenvalue weighted by Gasteiger charge is 2.27. The van der Waals surface area contributed by atoms with Crippen molar-refractivity contribution in [1.82, 2.24) is 9.88 Å². The molecule has 2 amide bonds. The molecule has 3 rings (SSSR count). The maximum absolute atomic E-state index is 12.1. The standard InChI is InChI=1S/C13H15N3O2S/c17-7-10-2-1-5-16(10)13(18)15-9-3-4-12-11(6-9)14-8-19-12/h3-4,6,8,10,17H,1-2,5,7H2,(H,15,18)/t10-/m0/s1. The van der Waals surface area contributed by atoms with Crippen LogP contribution in [-0.2, 0) is 0 Å². The summed E-state index contributed by atoms with van der Waals surface area (Å²) in [5, 5.41) is 12.1. The first-order valence-electron chi connectivity index (χ1n) is 6.29. The molecule has 1 atom stereocenters. The first-order valence-corrected chi connectivity index (χ1v) is 7.17. The van der Waals surface area contributed by atoms with Gasteiger partial charge in [-0.2, -0.15) is 0 Å². The average Bonchev–Trinajstić information content (AvgIpc) is 3.06. The van der Waals surface area contributed by atoms with E-state index in [1.807, 2.05) is 18.2 Å². The smallest absolute Gasteiger partial charge is 0.322 e. The number of thiazole rings is 1. The number of aromatic nitrogens is 1. The third kappa shape index (κ3) is 2.41. The van der Waals surface area contributed by atoms with Crippen LogP contribution in [0, 0.1) is 0 Å². The zero-order chi connectivity index (χ0) is 13.2. The van der Waals surface area contributed by atoms with E-state index in [9.17, 15) is 9.90 Å². The largest absolute Gasteiger partial charge is 0.394 e. The predicted octanol–water partition coefficient (Wildman–Crippen LogP) is 2.28. The number of nitrogens with one attached hydrogen (secondary N) is 1. The molecular formula is C13H15N3O2S. The van der Waals surface area contributed by atoms with E-state index < -0.39 is 0 Å². The van der Waals surface area contributed by atoms with Crippen LogP contribution in [-0.4, -0.2) is 40.2 Å². The lowest BCUT2D eigenvalue weighted by Gasteiger charge is -2.23. The maximum atomic E-state index is 12.1. The van der Waals surface area contributed by atoms with Gasteiger partial charge in [0.1, 0.15) is 0 Å². The Morgan fingerprint density at radius 3 is 3.32 bits per heavy atom. The van der Waals surface area contributed by atoms with Gasteiger partial charge in [0.15, 0.2) is 0 Å². The van der Waals surface area contributed by atoms with Crippen LogP contribution in [0.3, 0.4) is 0 Å². The third-order valence-electron chi connectivity index (χ3n) is 3.43. The summed E-state index contributed by atoms with van der Waals surface area (Å²) in [6.07, 6.45) is 1.82. The van der Waals surface area contributed by atoms with E-state index in [1.165, 1.54) is 0 Å². The van der Waals surface area contributed by atoms with Gasteiger partial charge in [-0.15, -0.1) is 11.3 Å². The quantitative estimate of drug-likeness (QED) is 0.885. The molecule has 2 aromatic rings. The summed E-state index contributed by atoms with van der Waals surface area (Å²) in [6, 6.07) is 5.50. The minimum absolute atomic E-state index is 0.0263. The molecule has 0 bridgehead atoms. The molecule has 0 radical (unpaired) electrons. The number of fused-ring (bicyclic) bond motifs is 1. The third-order valence-corrected chi connectivity index (χ3v) is 4.24. The van der Waals surface area contributed by atoms with Gasteiger partial charge in [0.2, 0.25) is 0 Å². The van der Waals surface area contributed by atoms with Gasteiger partial charge in [-0.3, -0.25) is 0 Å². The zero-order valence-electron chi connectivity index (χ0n) is 10.4. The van der Waals surface area contributed by atoms with Crippen LogP contribution >= 0.6 is 11.3 Å². The molecule has 100 valence electrons. The van der Waals surface area contributed by atoms with Gasteiger partial charge in [0, 0.05) is 12.2 Å². The Morgan fingerprint density at radius 1 is 1.58 bits per heavy atom. The van der Waals surface area contributed by atoms with E-state index in [1.54, 1.807) is 21.7 Å². The Hall–Kier alpha value is -1.66. The van der Waals surface area contributed by atoms with Gasteiger partial charge in [0.25, 0.3) is 0 Å². The number of aliphatic hydroxyl groups is 1. The Morgan fingerprint density at radius 2 is 2.47 bits per heavy atom. The summed E-state index contributed by atoms with van der Waals surface area (Å²) in [5.74, 6) is 0. The van der Waals surface area contributed by atoms with Crippen molar-refractivity contribution in [2.24, 2.45) is 0 Å². The first-order chi connectivity index (χ1) is 9.28. The fourth-order valence-electron chi connectivity index (χ4n) is 2.42. The van der Waals surface area contributed by atoms with Crippen molar-refractivity contribution >= 4 is 33.3 Å². The Labute approximate surface area is 114 Å². The van der Waals surface area contributed by atoms with Crippen LogP contribution in [0.25, 0.3) is 10.2 Å². The lowest BCUT2D eigenvalue weighted by Crippen LogP contribution is -2.40. The Bertz CT molecular complexity index is 598. The molecule has 2 heterocycles. The van der Waals surface area contributed by atoms with E-state index in [0.717, 1.165) is 28.7 Å². The maximum Gasteiger partial charge on any atom is 0.322 e. The van der Waals surface area contributed by atoms with Crippen molar-refractivity contribution in [2.75, 3.05) is 18.5 Å². The number of rotatable bonds is 2. The SMILES string of the molecule is O=C(Nc1ccc2scnc2c1)N1CCC[C@H]1CO. The second-order valence-corrected chi connectivity index (χ2v) is 5.52. The number of likely N-dealkylation sites (tertiary alicyclic amines) is 1. The van der Waals surface area contributed by atoms with Gasteiger partial charge in [-0.25, -0.2) is 9.78 Å². The van der Waals surface area contributed by atoms with Gasteiger partial charge in [-0.05, 0) is 31.0 Å². The molecule has 0 unspecified atom stereocenters. The van der Waals surface area contributed by atoms with Gasteiger partial charge in [0.05, 0.1) is 28.4 Å². The van der Waals surface area contributed by atoms with Crippen LogP contribution in [0.15, 0.2) is 23.7 Å². The molecular weight excluding hydrogens is 262 g/mol. The van der Waals surface area contributed by atoms with Gasteiger partial charge < -0.3 is 15.3 Å². The van der Waals surface area contributed by atoms with E-state index >= 15 is 0 Å². The lowest BCUT2D eigenvalue weighted by molar-refractivity contribution is 0.166. The average molecular weight is 277 g/mol. The lowest BCUT2D eigenvalue weighted by atomic mass is 10.2. The number of hydrogen-bond donors (Lipinski definition) is 2. The molecule has 1 aliphatic heterocycles. The molecule has 0 saturated carbocycles. The normalized spacial score (nSPS) is 19.0. The second kappa shape index (κ2) is 5.14. The number of amides is 2. The topological polar surface area (TPSA) is 65.5 Å². The monoisotopic (exact) mass is 277 g/mol. The highest BCUT2D eigenvalue weighted by atomic mass is 32.1. The first kappa shape index (κ1) is 12.4. The van der Waals surface area contributed by atoms with Crippen molar-refractivity contribution in [3.63, 3.8) is 0 Å². The molecule has 1 aromatic carbocycles. The summed E-state index contributed by atoms with van der Waals surface area (Å²) >= 11 is 1.58. The van der Waals surface area contributed by atoms with Crippen LogP contribution in [0.4, 0.5) is 10.5 Å². The molecule has 1 aliphatic rings. The fourth-order valence-corrected chi connectivity index (χ4v) is 3.08. The Kier molecular flexibility index (Phi) is 3.35. The fraction of sp³-hybridized carbons (Fsp3) is 0.385. The van der Waals surface area contributed by atoms with E-state index in [4.69, 9.17) is 0 Å². The molecule has 0 aliphatic carbocycles. The molecule has 5 nitrogen and oxygen atoms in total.